The van der Waals surface area contributed by atoms with Crippen LogP contribution < -0.4 is 9.63 Å². The summed E-state index contributed by atoms with van der Waals surface area (Å²) < 4.78 is 0.946. The Labute approximate surface area is 78.2 Å². The molecule has 0 unspecified atom stereocenters. The molecule has 3 nitrogen and oxygen atoms in total. The Bertz CT molecular complexity index is 301. The Morgan fingerprint density at radius 2 is 2.38 bits per heavy atom. The van der Waals surface area contributed by atoms with Crippen LogP contribution >= 0.6 is 0 Å². The highest BCUT2D eigenvalue weighted by molar-refractivity contribution is 5.35. The molecule has 2 heterocycles. The fraction of sp³-hybridized carbons (Fsp3) is 0.500. The summed E-state index contributed by atoms with van der Waals surface area (Å²) in [4.78, 5) is 2.17. The molecule has 1 aromatic rings. The molecule has 0 saturated carbocycles. The lowest BCUT2D eigenvalue weighted by Gasteiger charge is -2.19. The summed E-state index contributed by atoms with van der Waals surface area (Å²) >= 11 is 0. The number of anilines is 1. The Morgan fingerprint density at radius 3 is 3.00 bits per heavy atom. The molecule has 2 rings (SSSR count). The lowest BCUT2D eigenvalue weighted by Crippen LogP contribution is -2.39. The number of aromatic nitrogens is 1. The molecule has 1 aliphatic heterocycles. The molecule has 0 spiro atoms. The van der Waals surface area contributed by atoms with Gasteiger partial charge in [-0.3, -0.25) is 4.90 Å². The number of hydrogen-bond donors (Lipinski definition) is 0. The zero-order chi connectivity index (χ0) is 9.26. The number of rotatable bonds is 1. The van der Waals surface area contributed by atoms with E-state index in [1.807, 2.05) is 12.1 Å². The third-order valence-electron chi connectivity index (χ3n) is 2.65. The first kappa shape index (κ1) is 8.35. The highest BCUT2D eigenvalue weighted by Crippen LogP contribution is 2.21. The average Bonchev–Trinajstić information content (AvgIpc) is 2.52. The van der Waals surface area contributed by atoms with Gasteiger partial charge in [0, 0.05) is 6.07 Å². The van der Waals surface area contributed by atoms with Crippen molar-refractivity contribution in [3.8, 4) is 0 Å². The largest absolute Gasteiger partial charge is 0.711 e. The van der Waals surface area contributed by atoms with Crippen molar-refractivity contribution in [1.82, 2.24) is 0 Å². The van der Waals surface area contributed by atoms with Crippen LogP contribution in [-0.2, 0) is 0 Å². The Morgan fingerprint density at radius 1 is 1.54 bits per heavy atom. The van der Waals surface area contributed by atoms with Gasteiger partial charge in [0.2, 0.25) is 0 Å². The van der Waals surface area contributed by atoms with E-state index in [4.69, 9.17) is 0 Å². The van der Waals surface area contributed by atoms with Crippen molar-refractivity contribution in [2.75, 3.05) is 11.4 Å². The van der Waals surface area contributed by atoms with Crippen LogP contribution in [0.4, 0.5) is 5.82 Å². The SMILES string of the molecule is C[C@@H]1CCCN1c1cccc[n+]1[O-]. The third-order valence-corrected chi connectivity index (χ3v) is 2.65. The predicted octanol–water partition coefficient (Wildman–Crippen LogP) is 1.31. The van der Waals surface area contributed by atoms with Gasteiger partial charge >= 0.3 is 0 Å². The molecule has 0 amide bonds. The lowest BCUT2D eigenvalue weighted by molar-refractivity contribution is -0.592. The second kappa shape index (κ2) is 3.24. The molecular weight excluding hydrogens is 164 g/mol. The van der Waals surface area contributed by atoms with Crippen LogP contribution in [0.1, 0.15) is 19.8 Å². The van der Waals surface area contributed by atoms with Crippen molar-refractivity contribution in [2.24, 2.45) is 0 Å². The Kier molecular flexibility index (Phi) is 2.08. The molecule has 0 N–H and O–H groups in total. The van der Waals surface area contributed by atoms with Gasteiger partial charge < -0.3 is 5.21 Å². The van der Waals surface area contributed by atoms with Gasteiger partial charge in [-0.2, -0.15) is 0 Å². The van der Waals surface area contributed by atoms with Gasteiger partial charge in [-0.05, 0) is 25.8 Å². The summed E-state index contributed by atoms with van der Waals surface area (Å²) in [5.41, 5.74) is 0. The second-order valence-electron chi connectivity index (χ2n) is 3.57. The average molecular weight is 178 g/mol. The fourth-order valence-corrected chi connectivity index (χ4v) is 1.92. The first-order chi connectivity index (χ1) is 6.29. The van der Waals surface area contributed by atoms with Crippen molar-refractivity contribution < 1.29 is 4.73 Å². The monoisotopic (exact) mass is 178 g/mol. The van der Waals surface area contributed by atoms with E-state index in [-0.39, 0.29) is 0 Å². The first-order valence-corrected chi connectivity index (χ1v) is 4.74. The van der Waals surface area contributed by atoms with Gasteiger partial charge in [0.25, 0.3) is 5.82 Å². The molecule has 3 heteroatoms. The van der Waals surface area contributed by atoms with E-state index in [0.29, 0.717) is 6.04 Å². The second-order valence-corrected chi connectivity index (χ2v) is 3.57. The molecule has 70 valence electrons. The molecular formula is C10H14N2O. The van der Waals surface area contributed by atoms with Crippen molar-refractivity contribution in [2.45, 2.75) is 25.8 Å². The van der Waals surface area contributed by atoms with Crippen LogP contribution in [0.3, 0.4) is 0 Å². The van der Waals surface area contributed by atoms with Crippen molar-refractivity contribution in [3.63, 3.8) is 0 Å². The molecule has 1 atom stereocenters. The van der Waals surface area contributed by atoms with Crippen molar-refractivity contribution in [3.05, 3.63) is 29.6 Å². The molecule has 1 aromatic heterocycles. The summed E-state index contributed by atoms with van der Waals surface area (Å²) in [5.74, 6) is 0.785. The Balaban J connectivity index is 2.29. The fourth-order valence-electron chi connectivity index (χ4n) is 1.92. The van der Waals surface area contributed by atoms with Crippen molar-refractivity contribution in [1.29, 1.82) is 0 Å². The van der Waals surface area contributed by atoms with Crippen LogP contribution in [0.25, 0.3) is 0 Å². The molecule has 1 aliphatic rings. The maximum Gasteiger partial charge on any atom is 0.279 e. The van der Waals surface area contributed by atoms with Gasteiger partial charge in [-0.1, -0.05) is 6.07 Å². The van der Waals surface area contributed by atoms with Gasteiger partial charge in [-0.15, -0.1) is 0 Å². The molecule has 0 bridgehead atoms. The highest BCUT2D eigenvalue weighted by Gasteiger charge is 2.28. The number of hydrogen-bond acceptors (Lipinski definition) is 2. The number of pyridine rings is 1. The van der Waals surface area contributed by atoms with E-state index in [2.05, 4.69) is 11.8 Å². The van der Waals surface area contributed by atoms with Gasteiger partial charge in [0.05, 0.1) is 18.8 Å². The van der Waals surface area contributed by atoms with Gasteiger partial charge in [-0.25, -0.2) is 4.73 Å². The predicted molar refractivity (Wildman–Crippen MR) is 51.4 cm³/mol. The smallest absolute Gasteiger partial charge is 0.279 e. The van der Waals surface area contributed by atoms with Crippen molar-refractivity contribution >= 4 is 5.82 Å². The molecule has 1 saturated heterocycles. The molecule has 0 aliphatic carbocycles. The minimum absolute atomic E-state index is 0.502. The lowest BCUT2D eigenvalue weighted by atomic mass is 10.2. The highest BCUT2D eigenvalue weighted by atomic mass is 16.5. The summed E-state index contributed by atoms with van der Waals surface area (Å²) in [5, 5.41) is 11.4. The topological polar surface area (TPSA) is 30.2 Å². The summed E-state index contributed by atoms with van der Waals surface area (Å²) in [6.07, 6.45) is 3.94. The van der Waals surface area contributed by atoms with Gasteiger partial charge in [0.15, 0.2) is 0 Å². The minimum atomic E-state index is 0.502. The summed E-state index contributed by atoms with van der Waals surface area (Å²) in [6.45, 7) is 3.17. The van der Waals surface area contributed by atoms with E-state index in [9.17, 15) is 5.21 Å². The Hall–Kier alpha value is -1.25. The van der Waals surface area contributed by atoms with E-state index in [1.54, 1.807) is 12.3 Å². The summed E-state index contributed by atoms with van der Waals surface area (Å²) in [6, 6.07) is 6.06. The molecule has 13 heavy (non-hydrogen) atoms. The first-order valence-electron chi connectivity index (χ1n) is 4.74. The number of nitrogens with zero attached hydrogens (tertiary/aromatic N) is 2. The van der Waals surface area contributed by atoms with Gasteiger partial charge in [0.1, 0.15) is 0 Å². The quantitative estimate of drug-likeness (QED) is 0.479. The minimum Gasteiger partial charge on any atom is -0.711 e. The normalized spacial score (nSPS) is 22.2. The van der Waals surface area contributed by atoms with Crippen LogP contribution in [0.15, 0.2) is 24.4 Å². The van der Waals surface area contributed by atoms with Crippen LogP contribution in [0.5, 0.6) is 0 Å². The zero-order valence-electron chi connectivity index (χ0n) is 7.81. The van der Waals surface area contributed by atoms with E-state index in [0.717, 1.165) is 17.1 Å². The van der Waals surface area contributed by atoms with E-state index in [1.165, 1.54) is 12.8 Å². The standard InChI is InChI=1S/C10H14N2O/c1-9-5-4-7-11(9)10-6-2-3-8-12(10)13/h2-3,6,8-9H,4-5,7H2,1H3/t9-/m1/s1. The van der Waals surface area contributed by atoms with Crippen LogP contribution in [0, 0.1) is 5.21 Å². The van der Waals surface area contributed by atoms with Crippen LogP contribution in [-0.4, -0.2) is 12.6 Å². The molecule has 0 radical (unpaired) electrons. The summed E-state index contributed by atoms with van der Waals surface area (Å²) in [7, 11) is 0. The van der Waals surface area contributed by atoms with Crippen LogP contribution in [0.2, 0.25) is 0 Å². The maximum atomic E-state index is 11.4. The third kappa shape index (κ3) is 1.46. The zero-order valence-corrected chi connectivity index (χ0v) is 7.81. The van der Waals surface area contributed by atoms with E-state index >= 15 is 0 Å². The van der Waals surface area contributed by atoms with E-state index < -0.39 is 0 Å². The molecule has 1 fully saturated rings. The maximum absolute atomic E-state index is 11.4. The molecule has 0 aromatic carbocycles.